The molecule has 3 rings (SSSR count). The lowest BCUT2D eigenvalue weighted by atomic mass is 9.88. The summed E-state index contributed by atoms with van der Waals surface area (Å²) in [5, 5.41) is 6.66. The first-order valence-electron chi connectivity index (χ1n) is 9.75. The molecule has 0 aromatic carbocycles. The minimum absolute atomic E-state index is 0.238. The molecule has 1 amide bonds. The van der Waals surface area contributed by atoms with E-state index in [1.807, 2.05) is 18.7 Å². The Morgan fingerprint density at radius 1 is 1.27 bits per heavy atom. The largest absolute Gasteiger partial charge is 0.444 e. The Bertz CT molecular complexity index is 629. The van der Waals surface area contributed by atoms with Crippen molar-refractivity contribution in [2.24, 2.45) is 10.9 Å². The number of aliphatic imine (C=N–C) groups is 1. The molecule has 1 aromatic rings. The van der Waals surface area contributed by atoms with Crippen LogP contribution in [0, 0.1) is 19.8 Å². The van der Waals surface area contributed by atoms with Crippen molar-refractivity contribution in [3.05, 3.63) is 17.3 Å². The molecular formula is C19H31N5O2. The minimum atomic E-state index is 0.238. The van der Waals surface area contributed by atoms with Crippen molar-refractivity contribution in [3.8, 4) is 0 Å². The van der Waals surface area contributed by atoms with E-state index >= 15 is 0 Å². The highest BCUT2D eigenvalue weighted by Gasteiger charge is 2.31. The Balaban J connectivity index is 1.46. The molecule has 1 atom stereocenters. The van der Waals surface area contributed by atoms with Gasteiger partial charge < -0.3 is 20.0 Å². The van der Waals surface area contributed by atoms with E-state index in [9.17, 15) is 4.79 Å². The summed E-state index contributed by atoms with van der Waals surface area (Å²) in [4.78, 5) is 23.4. The lowest BCUT2D eigenvalue weighted by molar-refractivity contribution is -0.135. The van der Waals surface area contributed by atoms with Crippen molar-refractivity contribution in [1.82, 2.24) is 20.5 Å². The lowest BCUT2D eigenvalue weighted by Gasteiger charge is -2.26. The van der Waals surface area contributed by atoms with E-state index in [0.29, 0.717) is 18.3 Å². The number of aryl methyl sites for hydroxylation is 2. The quantitative estimate of drug-likeness (QED) is 0.634. The van der Waals surface area contributed by atoms with Crippen LogP contribution in [0.25, 0.3) is 0 Å². The molecule has 7 nitrogen and oxygen atoms in total. The molecule has 2 fully saturated rings. The molecule has 144 valence electrons. The van der Waals surface area contributed by atoms with Crippen molar-refractivity contribution in [1.29, 1.82) is 0 Å². The zero-order valence-electron chi connectivity index (χ0n) is 16.2. The van der Waals surface area contributed by atoms with Crippen molar-refractivity contribution >= 4 is 11.9 Å². The highest BCUT2D eigenvalue weighted by atomic mass is 16.4. The van der Waals surface area contributed by atoms with Gasteiger partial charge in [-0.25, -0.2) is 4.98 Å². The van der Waals surface area contributed by atoms with E-state index in [1.165, 1.54) is 19.3 Å². The number of amides is 1. The summed E-state index contributed by atoms with van der Waals surface area (Å²) >= 11 is 0. The number of carbonyl (C=O) groups excluding carboxylic acids is 1. The molecule has 0 radical (unpaired) electrons. The monoisotopic (exact) mass is 361 g/mol. The van der Waals surface area contributed by atoms with Gasteiger partial charge in [0.1, 0.15) is 5.76 Å². The number of hydrogen-bond donors (Lipinski definition) is 2. The molecule has 0 spiro atoms. The minimum Gasteiger partial charge on any atom is -0.444 e. The van der Waals surface area contributed by atoms with Crippen LogP contribution in [-0.2, 0) is 11.3 Å². The lowest BCUT2D eigenvalue weighted by Crippen LogP contribution is -2.45. The molecule has 7 heteroatoms. The molecule has 1 saturated heterocycles. The summed E-state index contributed by atoms with van der Waals surface area (Å²) in [6, 6.07) is 0.238. The molecule has 1 unspecified atom stereocenters. The first kappa shape index (κ1) is 18.7. The van der Waals surface area contributed by atoms with Crippen LogP contribution in [0.4, 0.5) is 0 Å². The van der Waals surface area contributed by atoms with Gasteiger partial charge in [-0.05, 0) is 33.1 Å². The van der Waals surface area contributed by atoms with E-state index in [2.05, 4.69) is 20.6 Å². The van der Waals surface area contributed by atoms with E-state index in [-0.39, 0.29) is 12.0 Å². The number of nitrogens with one attached hydrogen (secondary N) is 2. The van der Waals surface area contributed by atoms with Crippen molar-refractivity contribution in [2.75, 3.05) is 20.1 Å². The van der Waals surface area contributed by atoms with Crippen LogP contribution in [0.5, 0.6) is 0 Å². The second-order valence-electron chi connectivity index (χ2n) is 7.42. The Labute approximate surface area is 155 Å². The van der Waals surface area contributed by atoms with Gasteiger partial charge in [0.05, 0.1) is 12.2 Å². The van der Waals surface area contributed by atoms with Crippen molar-refractivity contribution < 1.29 is 9.21 Å². The summed E-state index contributed by atoms with van der Waals surface area (Å²) in [5.41, 5.74) is 0.914. The molecular weight excluding hydrogens is 330 g/mol. The number of oxazole rings is 1. The molecule has 2 N–H and O–H groups in total. The summed E-state index contributed by atoms with van der Waals surface area (Å²) in [6.07, 6.45) is 6.75. The fourth-order valence-electron chi connectivity index (χ4n) is 3.85. The number of hydrogen-bond acceptors (Lipinski definition) is 4. The molecule has 2 aliphatic rings. The topological polar surface area (TPSA) is 82.8 Å². The maximum absolute atomic E-state index is 12.7. The second kappa shape index (κ2) is 8.56. The number of aromatic nitrogens is 1. The van der Waals surface area contributed by atoms with Crippen LogP contribution in [0.2, 0.25) is 0 Å². The molecule has 0 bridgehead atoms. The van der Waals surface area contributed by atoms with Crippen molar-refractivity contribution in [3.63, 3.8) is 0 Å². The zero-order valence-corrected chi connectivity index (χ0v) is 16.2. The van der Waals surface area contributed by atoms with Gasteiger partial charge in [0.15, 0.2) is 5.96 Å². The standard InChI is InChI=1S/C19H31N5O2/c1-13-14(2)26-17(22-13)11-21-19(20-3)23-16-9-10-24(12-16)18(25)15-7-5-4-6-8-15/h15-16H,4-12H2,1-3H3,(H2,20,21,23). The average molecular weight is 361 g/mol. The van der Waals surface area contributed by atoms with Crippen LogP contribution >= 0.6 is 0 Å². The van der Waals surface area contributed by atoms with Gasteiger partial charge in [-0.1, -0.05) is 19.3 Å². The van der Waals surface area contributed by atoms with Crippen LogP contribution in [0.15, 0.2) is 9.41 Å². The normalized spacial score (nSPS) is 21.9. The van der Waals surface area contributed by atoms with Gasteiger partial charge in [0.2, 0.25) is 11.8 Å². The number of nitrogens with zero attached hydrogens (tertiary/aromatic N) is 3. The fourth-order valence-corrected chi connectivity index (χ4v) is 3.85. The molecule has 1 aliphatic carbocycles. The molecule has 1 aliphatic heterocycles. The first-order chi connectivity index (χ1) is 12.6. The molecule has 26 heavy (non-hydrogen) atoms. The van der Waals surface area contributed by atoms with E-state index < -0.39 is 0 Å². The van der Waals surface area contributed by atoms with Gasteiger partial charge in [-0.15, -0.1) is 0 Å². The predicted octanol–water partition coefficient (Wildman–Crippen LogP) is 2.14. The number of carbonyl (C=O) groups is 1. The summed E-state index contributed by atoms with van der Waals surface area (Å²) in [5.74, 6) is 2.82. The smallest absolute Gasteiger partial charge is 0.225 e. The Kier molecular flexibility index (Phi) is 6.16. The van der Waals surface area contributed by atoms with Crippen LogP contribution in [-0.4, -0.2) is 47.9 Å². The zero-order chi connectivity index (χ0) is 18.5. The third kappa shape index (κ3) is 4.56. The van der Waals surface area contributed by atoms with Crippen molar-refractivity contribution in [2.45, 2.75) is 65.0 Å². The van der Waals surface area contributed by atoms with E-state index in [0.717, 1.165) is 49.8 Å². The Hall–Kier alpha value is -2.05. The van der Waals surface area contributed by atoms with Crippen LogP contribution in [0.3, 0.4) is 0 Å². The molecule has 2 heterocycles. The average Bonchev–Trinajstić information content (AvgIpc) is 3.25. The number of rotatable bonds is 4. The predicted molar refractivity (Wildman–Crippen MR) is 101 cm³/mol. The summed E-state index contributed by atoms with van der Waals surface area (Å²) in [6.45, 7) is 5.93. The third-order valence-electron chi connectivity index (χ3n) is 5.50. The van der Waals surface area contributed by atoms with E-state index in [1.54, 1.807) is 7.05 Å². The Morgan fingerprint density at radius 2 is 2.04 bits per heavy atom. The Morgan fingerprint density at radius 3 is 2.69 bits per heavy atom. The fraction of sp³-hybridized carbons (Fsp3) is 0.737. The number of guanidine groups is 1. The van der Waals surface area contributed by atoms with Gasteiger partial charge in [0, 0.05) is 32.1 Å². The van der Waals surface area contributed by atoms with Crippen LogP contribution in [0.1, 0.15) is 55.9 Å². The van der Waals surface area contributed by atoms with Crippen LogP contribution < -0.4 is 10.6 Å². The SMILES string of the molecule is CN=C(NCc1nc(C)c(C)o1)NC1CCN(C(=O)C2CCCCC2)C1. The summed E-state index contributed by atoms with van der Waals surface area (Å²) in [7, 11) is 1.75. The first-order valence-corrected chi connectivity index (χ1v) is 9.75. The molecule has 1 aromatic heterocycles. The van der Waals surface area contributed by atoms with Gasteiger partial charge >= 0.3 is 0 Å². The number of likely N-dealkylation sites (tertiary alicyclic amines) is 1. The van der Waals surface area contributed by atoms with Gasteiger partial charge in [0.25, 0.3) is 0 Å². The second-order valence-corrected chi connectivity index (χ2v) is 7.42. The highest BCUT2D eigenvalue weighted by Crippen LogP contribution is 2.26. The third-order valence-corrected chi connectivity index (χ3v) is 5.50. The molecule has 1 saturated carbocycles. The van der Waals surface area contributed by atoms with Gasteiger partial charge in [-0.2, -0.15) is 0 Å². The highest BCUT2D eigenvalue weighted by molar-refractivity contribution is 5.81. The maximum Gasteiger partial charge on any atom is 0.225 e. The van der Waals surface area contributed by atoms with E-state index in [4.69, 9.17) is 4.42 Å². The maximum atomic E-state index is 12.7. The summed E-state index contributed by atoms with van der Waals surface area (Å²) < 4.78 is 5.59. The van der Waals surface area contributed by atoms with Gasteiger partial charge in [-0.3, -0.25) is 9.79 Å².